The smallest absolute Gasteiger partial charge is 0.124 e. The lowest BCUT2D eigenvalue weighted by Crippen LogP contribution is -1.98. The summed E-state index contributed by atoms with van der Waals surface area (Å²) in [6, 6.07) is 15.9. The van der Waals surface area contributed by atoms with Crippen molar-refractivity contribution in [2.75, 3.05) is 13.7 Å². The Bertz CT molecular complexity index is 627. The van der Waals surface area contributed by atoms with E-state index in [9.17, 15) is 0 Å². The predicted octanol–water partition coefficient (Wildman–Crippen LogP) is 2.72. The zero-order chi connectivity index (χ0) is 14.9. The van der Waals surface area contributed by atoms with Crippen LogP contribution in [0, 0.1) is 11.8 Å². The summed E-state index contributed by atoms with van der Waals surface area (Å²) in [5, 5.41) is 0. The summed E-state index contributed by atoms with van der Waals surface area (Å²) in [4.78, 5) is 0. The maximum Gasteiger partial charge on any atom is 0.124 e. The molecule has 0 amide bonds. The van der Waals surface area contributed by atoms with Crippen LogP contribution in [0.3, 0.4) is 0 Å². The number of hydrogen-bond acceptors (Lipinski definition) is 3. The lowest BCUT2D eigenvalue weighted by Gasteiger charge is -2.10. The second kappa shape index (κ2) is 8.11. The van der Waals surface area contributed by atoms with E-state index in [0.29, 0.717) is 19.8 Å². The molecular weight excluding hydrogens is 262 g/mol. The largest absolute Gasteiger partial charge is 0.496 e. The molecule has 0 saturated heterocycles. The van der Waals surface area contributed by atoms with Crippen LogP contribution in [-0.4, -0.2) is 13.7 Å². The van der Waals surface area contributed by atoms with Gasteiger partial charge in [0, 0.05) is 11.1 Å². The summed E-state index contributed by atoms with van der Waals surface area (Å²) in [7, 11) is 1.65. The molecule has 2 aromatic rings. The van der Waals surface area contributed by atoms with Gasteiger partial charge < -0.3 is 15.2 Å². The second-order valence-electron chi connectivity index (χ2n) is 4.51. The maximum absolute atomic E-state index is 5.75. The van der Waals surface area contributed by atoms with Crippen LogP contribution in [0.2, 0.25) is 0 Å². The average Bonchev–Trinajstić information content (AvgIpc) is 2.54. The van der Waals surface area contributed by atoms with Gasteiger partial charge in [-0.05, 0) is 23.8 Å². The minimum atomic E-state index is 0.353. The predicted molar refractivity (Wildman–Crippen MR) is 83.9 cm³/mol. The summed E-state index contributed by atoms with van der Waals surface area (Å²) in [5.41, 5.74) is 8.44. The van der Waals surface area contributed by atoms with Crippen molar-refractivity contribution in [1.82, 2.24) is 0 Å². The van der Waals surface area contributed by atoms with Gasteiger partial charge in [0.2, 0.25) is 0 Å². The molecule has 3 heteroatoms. The van der Waals surface area contributed by atoms with Gasteiger partial charge in [0.05, 0.1) is 26.9 Å². The summed E-state index contributed by atoms with van der Waals surface area (Å²) in [5.74, 6) is 6.67. The van der Waals surface area contributed by atoms with Crippen LogP contribution < -0.4 is 10.5 Å². The first kappa shape index (κ1) is 15.1. The molecule has 0 spiro atoms. The standard InChI is InChI=1S/C18H19NO2/c1-20-18-10-9-15(8-5-11-19)12-17(18)14-21-13-16-6-3-2-4-7-16/h2-4,6-7,9-10,12H,11,13-14,19H2,1H3. The van der Waals surface area contributed by atoms with E-state index in [0.717, 1.165) is 22.4 Å². The van der Waals surface area contributed by atoms with Crippen molar-refractivity contribution in [3.05, 3.63) is 65.2 Å². The number of benzene rings is 2. The Morgan fingerprint density at radius 2 is 1.86 bits per heavy atom. The van der Waals surface area contributed by atoms with Crippen molar-refractivity contribution in [2.24, 2.45) is 5.73 Å². The quantitative estimate of drug-likeness (QED) is 0.857. The monoisotopic (exact) mass is 281 g/mol. The molecule has 0 radical (unpaired) electrons. The lowest BCUT2D eigenvalue weighted by molar-refractivity contribution is 0.105. The highest BCUT2D eigenvalue weighted by Crippen LogP contribution is 2.21. The molecule has 0 saturated carbocycles. The third-order valence-corrected chi connectivity index (χ3v) is 2.98. The first-order chi connectivity index (χ1) is 10.3. The van der Waals surface area contributed by atoms with Gasteiger partial charge in [-0.1, -0.05) is 42.2 Å². The van der Waals surface area contributed by atoms with Crippen molar-refractivity contribution in [1.29, 1.82) is 0 Å². The molecule has 0 heterocycles. The molecule has 0 unspecified atom stereocenters. The van der Waals surface area contributed by atoms with Gasteiger partial charge in [0.15, 0.2) is 0 Å². The third-order valence-electron chi connectivity index (χ3n) is 2.98. The second-order valence-corrected chi connectivity index (χ2v) is 4.51. The first-order valence-electron chi connectivity index (χ1n) is 6.81. The summed E-state index contributed by atoms with van der Waals surface area (Å²) in [6.45, 7) is 1.41. The first-order valence-corrected chi connectivity index (χ1v) is 6.81. The highest BCUT2D eigenvalue weighted by molar-refractivity contribution is 5.44. The number of rotatable bonds is 5. The van der Waals surface area contributed by atoms with Gasteiger partial charge in [-0.2, -0.15) is 0 Å². The number of methoxy groups -OCH3 is 1. The molecule has 0 atom stereocenters. The normalized spacial score (nSPS) is 9.81. The van der Waals surface area contributed by atoms with E-state index in [1.54, 1.807) is 7.11 Å². The van der Waals surface area contributed by atoms with Crippen molar-refractivity contribution < 1.29 is 9.47 Å². The van der Waals surface area contributed by atoms with Gasteiger partial charge in [-0.15, -0.1) is 0 Å². The third kappa shape index (κ3) is 4.64. The molecule has 3 nitrogen and oxygen atoms in total. The average molecular weight is 281 g/mol. The van der Waals surface area contributed by atoms with E-state index in [1.165, 1.54) is 0 Å². The highest BCUT2D eigenvalue weighted by Gasteiger charge is 2.04. The molecule has 108 valence electrons. The number of hydrogen-bond donors (Lipinski definition) is 1. The van der Waals surface area contributed by atoms with Crippen LogP contribution in [-0.2, 0) is 18.0 Å². The Morgan fingerprint density at radius 1 is 1.05 bits per heavy atom. The molecule has 0 aliphatic heterocycles. The Labute approximate surface area is 125 Å². The molecule has 2 aromatic carbocycles. The minimum Gasteiger partial charge on any atom is -0.496 e. The molecule has 0 fully saturated rings. The molecule has 0 bridgehead atoms. The van der Waals surface area contributed by atoms with Gasteiger partial charge >= 0.3 is 0 Å². The Morgan fingerprint density at radius 3 is 2.57 bits per heavy atom. The Hall–Kier alpha value is -2.28. The molecular formula is C18H19NO2. The van der Waals surface area contributed by atoms with Crippen molar-refractivity contribution in [3.63, 3.8) is 0 Å². The topological polar surface area (TPSA) is 44.5 Å². The van der Waals surface area contributed by atoms with E-state index in [1.807, 2.05) is 48.5 Å². The van der Waals surface area contributed by atoms with Gasteiger partial charge in [-0.25, -0.2) is 0 Å². The van der Waals surface area contributed by atoms with E-state index < -0.39 is 0 Å². The Kier molecular flexibility index (Phi) is 5.83. The Balaban J connectivity index is 2.03. The summed E-state index contributed by atoms with van der Waals surface area (Å²) < 4.78 is 11.1. The summed E-state index contributed by atoms with van der Waals surface area (Å²) in [6.07, 6.45) is 0. The zero-order valence-corrected chi connectivity index (χ0v) is 12.1. The van der Waals surface area contributed by atoms with Crippen molar-refractivity contribution >= 4 is 0 Å². The van der Waals surface area contributed by atoms with E-state index in [2.05, 4.69) is 11.8 Å². The minimum absolute atomic E-state index is 0.353. The lowest BCUT2D eigenvalue weighted by atomic mass is 10.1. The summed E-state index contributed by atoms with van der Waals surface area (Å²) >= 11 is 0. The van der Waals surface area contributed by atoms with Crippen molar-refractivity contribution in [2.45, 2.75) is 13.2 Å². The van der Waals surface area contributed by atoms with Gasteiger partial charge in [-0.3, -0.25) is 0 Å². The van der Waals surface area contributed by atoms with E-state index in [-0.39, 0.29) is 0 Å². The van der Waals surface area contributed by atoms with Crippen LogP contribution in [0.15, 0.2) is 48.5 Å². The SMILES string of the molecule is COc1ccc(C#CCN)cc1COCc1ccccc1. The van der Waals surface area contributed by atoms with Crippen LogP contribution >= 0.6 is 0 Å². The fourth-order valence-electron chi connectivity index (χ4n) is 1.98. The van der Waals surface area contributed by atoms with Gasteiger partial charge in [0.25, 0.3) is 0 Å². The number of ether oxygens (including phenoxy) is 2. The van der Waals surface area contributed by atoms with Crippen LogP contribution in [0.4, 0.5) is 0 Å². The van der Waals surface area contributed by atoms with Crippen LogP contribution in [0.1, 0.15) is 16.7 Å². The molecule has 2 rings (SSSR count). The van der Waals surface area contributed by atoms with Gasteiger partial charge in [0.1, 0.15) is 5.75 Å². The van der Waals surface area contributed by atoms with E-state index in [4.69, 9.17) is 15.2 Å². The molecule has 2 N–H and O–H groups in total. The van der Waals surface area contributed by atoms with Crippen molar-refractivity contribution in [3.8, 4) is 17.6 Å². The molecule has 0 aliphatic rings. The maximum atomic E-state index is 5.75. The fraction of sp³-hybridized carbons (Fsp3) is 0.222. The zero-order valence-electron chi connectivity index (χ0n) is 12.1. The van der Waals surface area contributed by atoms with Crippen LogP contribution in [0.5, 0.6) is 5.75 Å². The van der Waals surface area contributed by atoms with Crippen LogP contribution in [0.25, 0.3) is 0 Å². The molecule has 0 aromatic heterocycles. The molecule has 21 heavy (non-hydrogen) atoms. The molecule has 0 aliphatic carbocycles. The fourth-order valence-corrected chi connectivity index (χ4v) is 1.98. The van der Waals surface area contributed by atoms with E-state index >= 15 is 0 Å². The highest BCUT2D eigenvalue weighted by atomic mass is 16.5. The number of nitrogens with two attached hydrogens (primary N) is 1.